The molecule has 0 bridgehead atoms. The Balaban J connectivity index is 3.09. The van der Waals surface area contributed by atoms with Gasteiger partial charge in [-0.15, -0.1) is 0 Å². The van der Waals surface area contributed by atoms with Gasteiger partial charge in [0, 0.05) is 19.4 Å². The summed E-state index contributed by atoms with van der Waals surface area (Å²) < 4.78 is 53.4. The molecule has 0 atom stereocenters. The molecule has 0 unspecified atom stereocenters. The van der Waals surface area contributed by atoms with Crippen LogP contribution in [0.3, 0.4) is 0 Å². The maximum Gasteiger partial charge on any atom is 0.305 e. The Morgan fingerprint density at radius 3 is 1.00 bits per heavy atom. The number of nitrogens with two attached hydrogens (primary N) is 1. The smallest absolute Gasteiger partial charge is 0.305 e. The van der Waals surface area contributed by atoms with Crippen molar-refractivity contribution in [1.82, 2.24) is 0 Å². The number of unbranched alkanes of at least 4 members (excludes halogenated alkanes) is 1. The molecular formula is C26H51NO13. The third-order valence-electron chi connectivity index (χ3n) is 4.75. The quantitative estimate of drug-likeness (QED) is 0.0779. The second kappa shape index (κ2) is 33.7. The van der Waals surface area contributed by atoms with Gasteiger partial charge in [0.2, 0.25) is 0 Å². The summed E-state index contributed by atoms with van der Waals surface area (Å²) in [5.41, 5.74) is 5.32. The number of hydrogen-bond donors (Lipinski definition) is 2. The lowest BCUT2D eigenvalue weighted by Gasteiger charge is -2.09. The van der Waals surface area contributed by atoms with Gasteiger partial charge in [-0.3, -0.25) is 9.59 Å². The Morgan fingerprint density at radius 1 is 0.425 bits per heavy atom. The summed E-state index contributed by atoms with van der Waals surface area (Å²) in [6.45, 7) is 9.26. The molecule has 0 spiro atoms. The maximum atomic E-state index is 11.4. The molecule has 0 aromatic carbocycles. The van der Waals surface area contributed by atoms with Gasteiger partial charge in [-0.25, -0.2) is 0 Å². The van der Waals surface area contributed by atoms with Gasteiger partial charge in [0.25, 0.3) is 0 Å². The zero-order valence-corrected chi connectivity index (χ0v) is 23.9. The minimum Gasteiger partial charge on any atom is -0.481 e. The first kappa shape index (κ1) is 38.5. The number of carboxylic acid groups (broad SMARTS) is 1. The molecule has 0 amide bonds. The third-order valence-corrected chi connectivity index (χ3v) is 4.75. The van der Waals surface area contributed by atoms with Crippen LogP contribution in [0.25, 0.3) is 0 Å². The van der Waals surface area contributed by atoms with Crippen LogP contribution < -0.4 is 5.73 Å². The normalized spacial score (nSPS) is 11.2. The van der Waals surface area contributed by atoms with Crippen molar-refractivity contribution in [2.75, 3.05) is 132 Å². The van der Waals surface area contributed by atoms with Crippen molar-refractivity contribution in [2.45, 2.75) is 25.7 Å². The van der Waals surface area contributed by atoms with Crippen LogP contribution in [0.1, 0.15) is 25.7 Å². The largest absolute Gasteiger partial charge is 0.481 e. The van der Waals surface area contributed by atoms with Gasteiger partial charge in [0.1, 0.15) is 6.61 Å². The summed E-state index contributed by atoms with van der Waals surface area (Å²) in [6.07, 6.45) is 1.24. The number of carbonyl (C=O) groups is 2. The highest BCUT2D eigenvalue weighted by Gasteiger charge is 2.04. The van der Waals surface area contributed by atoms with E-state index in [0.29, 0.717) is 132 Å². The summed E-state index contributed by atoms with van der Waals surface area (Å²) >= 11 is 0. The number of esters is 1. The summed E-state index contributed by atoms with van der Waals surface area (Å²) in [4.78, 5) is 21.8. The van der Waals surface area contributed by atoms with E-state index in [1.165, 1.54) is 0 Å². The topological polar surface area (TPSA) is 173 Å². The van der Waals surface area contributed by atoms with Crippen molar-refractivity contribution in [2.24, 2.45) is 5.73 Å². The van der Waals surface area contributed by atoms with E-state index in [9.17, 15) is 9.59 Å². The van der Waals surface area contributed by atoms with E-state index in [1.54, 1.807) is 0 Å². The molecular weight excluding hydrogens is 534 g/mol. The molecule has 0 rings (SSSR count). The van der Waals surface area contributed by atoms with Gasteiger partial charge in [0.15, 0.2) is 0 Å². The molecule has 14 heteroatoms. The first-order chi connectivity index (χ1) is 19.7. The second-order valence-corrected chi connectivity index (χ2v) is 8.12. The summed E-state index contributed by atoms with van der Waals surface area (Å²) in [5, 5.41) is 8.53. The number of hydrogen-bond acceptors (Lipinski definition) is 13. The highest BCUT2D eigenvalue weighted by molar-refractivity contribution is 5.69. The molecule has 0 saturated carbocycles. The summed E-state index contributed by atoms with van der Waals surface area (Å²) in [5.74, 6) is -1.21. The minimum atomic E-state index is -0.862. The molecule has 0 saturated heterocycles. The van der Waals surface area contributed by atoms with E-state index in [0.717, 1.165) is 0 Å². The molecule has 0 radical (unpaired) electrons. The molecule has 0 aromatic rings. The fraction of sp³-hybridized carbons (Fsp3) is 0.923. The van der Waals surface area contributed by atoms with Gasteiger partial charge in [0.05, 0.1) is 119 Å². The zero-order valence-electron chi connectivity index (χ0n) is 23.9. The second-order valence-electron chi connectivity index (χ2n) is 8.12. The van der Waals surface area contributed by atoms with E-state index in [-0.39, 0.29) is 32.0 Å². The van der Waals surface area contributed by atoms with Gasteiger partial charge in [-0.2, -0.15) is 0 Å². The van der Waals surface area contributed by atoms with Crippen LogP contribution in [0.4, 0.5) is 0 Å². The molecule has 0 fully saturated rings. The van der Waals surface area contributed by atoms with Gasteiger partial charge >= 0.3 is 11.9 Å². The van der Waals surface area contributed by atoms with E-state index < -0.39 is 5.97 Å². The highest BCUT2D eigenvalue weighted by atomic mass is 16.6. The summed E-state index contributed by atoms with van der Waals surface area (Å²) in [7, 11) is 0. The molecule has 238 valence electrons. The highest BCUT2D eigenvalue weighted by Crippen LogP contribution is 2.01. The van der Waals surface area contributed by atoms with E-state index in [4.69, 9.17) is 58.2 Å². The van der Waals surface area contributed by atoms with Crippen molar-refractivity contribution >= 4 is 11.9 Å². The number of aliphatic carboxylic acids is 1. The Hall–Kier alpha value is -1.46. The number of ether oxygens (including phenoxy) is 10. The Kier molecular flexibility index (Phi) is 32.5. The average Bonchev–Trinajstić information content (AvgIpc) is 2.94. The van der Waals surface area contributed by atoms with Crippen molar-refractivity contribution < 1.29 is 62.1 Å². The lowest BCUT2D eigenvalue weighted by atomic mass is 10.2. The number of carbonyl (C=O) groups excluding carboxylic acids is 1. The van der Waals surface area contributed by atoms with Crippen molar-refractivity contribution in [3.63, 3.8) is 0 Å². The summed E-state index contributed by atoms with van der Waals surface area (Å²) in [6, 6.07) is 0. The minimum absolute atomic E-state index is 0.0618. The molecule has 0 heterocycles. The molecule has 0 aliphatic rings. The van der Waals surface area contributed by atoms with Crippen LogP contribution in [0.5, 0.6) is 0 Å². The molecule has 0 aliphatic carbocycles. The van der Waals surface area contributed by atoms with Gasteiger partial charge in [-0.05, 0) is 12.8 Å². The van der Waals surface area contributed by atoms with Crippen LogP contribution in [0.2, 0.25) is 0 Å². The van der Waals surface area contributed by atoms with Gasteiger partial charge < -0.3 is 58.2 Å². The molecule has 14 nitrogen and oxygen atoms in total. The lowest BCUT2D eigenvalue weighted by Crippen LogP contribution is -2.15. The van der Waals surface area contributed by atoms with Gasteiger partial charge in [-0.1, -0.05) is 0 Å². The first-order valence-electron chi connectivity index (χ1n) is 13.9. The van der Waals surface area contributed by atoms with Crippen molar-refractivity contribution in [1.29, 1.82) is 0 Å². The van der Waals surface area contributed by atoms with Crippen molar-refractivity contribution in [3.8, 4) is 0 Å². The predicted molar refractivity (Wildman–Crippen MR) is 143 cm³/mol. The Morgan fingerprint density at radius 2 is 0.700 bits per heavy atom. The maximum absolute atomic E-state index is 11.4. The Labute approximate surface area is 237 Å². The fourth-order valence-corrected chi connectivity index (χ4v) is 2.78. The SMILES string of the molecule is NCCOCCOCCOCCOCCOCCOCCOCCOCCOCCOC(=O)CCCCC(=O)O. The number of rotatable bonds is 34. The monoisotopic (exact) mass is 585 g/mol. The predicted octanol–water partition coefficient (Wildman–Crippen LogP) is 0.283. The molecule has 3 N–H and O–H groups in total. The van der Waals surface area contributed by atoms with Crippen LogP contribution >= 0.6 is 0 Å². The van der Waals surface area contributed by atoms with Crippen LogP contribution in [-0.4, -0.2) is 149 Å². The lowest BCUT2D eigenvalue weighted by molar-refractivity contribution is -0.146. The fourth-order valence-electron chi connectivity index (χ4n) is 2.78. The third kappa shape index (κ3) is 34.6. The Bertz CT molecular complexity index is 543. The molecule has 40 heavy (non-hydrogen) atoms. The molecule has 0 aromatic heterocycles. The van der Waals surface area contributed by atoms with E-state index in [1.807, 2.05) is 0 Å². The first-order valence-corrected chi connectivity index (χ1v) is 13.9. The number of carboxylic acids is 1. The van der Waals surface area contributed by atoms with Crippen LogP contribution in [0, 0.1) is 0 Å². The van der Waals surface area contributed by atoms with Crippen LogP contribution in [-0.2, 0) is 57.0 Å². The van der Waals surface area contributed by atoms with E-state index >= 15 is 0 Å². The standard InChI is InChI=1S/C26H51NO13/c27-5-6-31-7-8-32-9-10-33-11-12-34-13-14-35-15-16-36-17-18-37-19-20-38-21-22-39-23-24-40-26(30)4-2-1-3-25(28)29/h1-24,27H2,(H,28,29). The zero-order chi connectivity index (χ0) is 29.2. The van der Waals surface area contributed by atoms with Crippen molar-refractivity contribution in [3.05, 3.63) is 0 Å². The average molecular weight is 586 g/mol. The van der Waals surface area contributed by atoms with Crippen LogP contribution in [0.15, 0.2) is 0 Å². The van der Waals surface area contributed by atoms with E-state index in [2.05, 4.69) is 0 Å². The molecule has 0 aliphatic heterocycles.